The second-order valence-corrected chi connectivity index (χ2v) is 6.35. The highest BCUT2D eigenvalue weighted by molar-refractivity contribution is 5.21. The Hall–Kier alpha value is -1.85. The van der Waals surface area contributed by atoms with E-state index in [4.69, 9.17) is 4.74 Å². The van der Waals surface area contributed by atoms with Gasteiger partial charge in [-0.3, -0.25) is 4.90 Å². The molecule has 1 saturated carbocycles. The van der Waals surface area contributed by atoms with Crippen molar-refractivity contribution in [1.82, 2.24) is 14.9 Å². The summed E-state index contributed by atoms with van der Waals surface area (Å²) in [6, 6.07) is 9.84. The van der Waals surface area contributed by atoms with E-state index in [0.29, 0.717) is 0 Å². The van der Waals surface area contributed by atoms with Gasteiger partial charge in [-0.05, 0) is 45.4 Å². The summed E-state index contributed by atoms with van der Waals surface area (Å²) in [6.45, 7) is 2.75. The molecule has 1 fully saturated rings. The molecule has 3 rings (SSSR count). The second kappa shape index (κ2) is 7.15. The highest BCUT2D eigenvalue weighted by Gasteiger charge is 2.35. The van der Waals surface area contributed by atoms with E-state index in [9.17, 15) is 5.11 Å². The van der Waals surface area contributed by atoms with E-state index in [1.807, 2.05) is 44.3 Å². The van der Waals surface area contributed by atoms with Crippen LogP contribution in [0.4, 0.5) is 0 Å². The molecule has 1 aromatic carbocycles. The first-order valence-electron chi connectivity index (χ1n) is 8.24. The number of hydrogen-bond acceptors (Lipinski definition) is 4. The van der Waals surface area contributed by atoms with Crippen LogP contribution in [0.2, 0.25) is 0 Å². The molecule has 0 bridgehead atoms. The maximum atomic E-state index is 10.8. The van der Waals surface area contributed by atoms with Crippen molar-refractivity contribution in [3.8, 4) is 5.75 Å². The Kier molecular flexibility index (Phi) is 4.98. The predicted molar refractivity (Wildman–Crippen MR) is 89.3 cm³/mol. The zero-order valence-electron chi connectivity index (χ0n) is 13.8. The molecule has 0 amide bonds. The van der Waals surface area contributed by atoms with Crippen molar-refractivity contribution in [2.45, 2.75) is 51.0 Å². The van der Waals surface area contributed by atoms with Crippen LogP contribution in [0.25, 0.3) is 0 Å². The van der Waals surface area contributed by atoms with Gasteiger partial charge in [0.2, 0.25) is 0 Å². The minimum atomic E-state index is -0.492. The van der Waals surface area contributed by atoms with Crippen molar-refractivity contribution in [2.75, 3.05) is 7.05 Å². The summed E-state index contributed by atoms with van der Waals surface area (Å²) in [5.41, 5.74) is 2.12. The number of nitrogens with one attached hydrogen (secondary N) is 1. The van der Waals surface area contributed by atoms with Gasteiger partial charge in [0.1, 0.15) is 18.0 Å². The van der Waals surface area contributed by atoms with Crippen molar-refractivity contribution in [3.05, 3.63) is 48.0 Å². The molecule has 0 unspecified atom stereocenters. The quantitative estimate of drug-likeness (QED) is 0.890. The lowest BCUT2D eigenvalue weighted by Gasteiger charge is -2.39. The molecule has 1 heterocycles. The Morgan fingerprint density at radius 3 is 2.78 bits per heavy atom. The van der Waals surface area contributed by atoms with Gasteiger partial charge in [0.25, 0.3) is 0 Å². The minimum Gasteiger partial charge on any atom is -0.488 e. The van der Waals surface area contributed by atoms with Gasteiger partial charge in [-0.25, -0.2) is 4.98 Å². The van der Waals surface area contributed by atoms with Crippen LogP contribution in [-0.4, -0.2) is 45.3 Å². The SMILES string of the molecule is Cc1[nH]cnc1CN(C)[C@@H]1CCC[C@H](Oc2ccccc2)[C@H]1O. The van der Waals surface area contributed by atoms with Crippen molar-refractivity contribution in [3.63, 3.8) is 0 Å². The van der Waals surface area contributed by atoms with Gasteiger partial charge in [0.05, 0.1) is 12.0 Å². The number of hydrogen-bond donors (Lipinski definition) is 2. The topological polar surface area (TPSA) is 61.4 Å². The van der Waals surface area contributed by atoms with E-state index in [1.54, 1.807) is 6.33 Å². The van der Waals surface area contributed by atoms with Crippen LogP contribution in [0.1, 0.15) is 30.7 Å². The van der Waals surface area contributed by atoms with Gasteiger partial charge in [0.15, 0.2) is 0 Å². The van der Waals surface area contributed by atoms with E-state index in [2.05, 4.69) is 14.9 Å². The van der Waals surface area contributed by atoms with Crippen molar-refractivity contribution >= 4 is 0 Å². The van der Waals surface area contributed by atoms with Crippen molar-refractivity contribution in [1.29, 1.82) is 0 Å². The normalized spacial score (nSPS) is 24.8. The third-order valence-corrected chi connectivity index (χ3v) is 4.69. The van der Waals surface area contributed by atoms with Crippen molar-refractivity contribution in [2.24, 2.45) is 0 Å². The Balaban J connectivity index is 1.64. The molecule has 3 atom stereocenters. The fourth-order valence-electron chi connectivity index (χ4n) is 3.30. The first-order chi connectivity index (χ1) is 11.1. The average molecular weight is 315 g/mol. The van der Waals surface area contributed by atoms with Gasteiger partial charge in [-0.2, -0.15) is 0 Å². The number of imidazole rings is 1. The monoisotopic (exact) mass is 315 g/mol. The van der Waals surface area contributed by atoms with Gasteiger partial charge in [0, 0.05) is 18.3 Å². The lowest BCUT2D eigenvalue weighted by Crippen LogP contribution is -2.51. The summed E-state index contributed by atoms with van der Waals surface area (Å²) in [5, 5.41) is 10.8. The number of aliphatic hydroxyl groups excluding tert-OH is 1. The van der Waals surface area contributed by atoms with Crippen LogP contribution in [0.3, 0.4) is 0 Å². The summed E-state index contributed by atoms with van der Waals surface area (Å²) in [5.74, 6) is 0.822. The smallest absolute Gasteiger partial charge is 0.126 e. The molecule has 0 radical (unpaired) electrons. The summed E-state index contributed by atoms with van der Waals surface area (Å²) < 4.78 is 6.01. The fourth-order valence-corrected chi connectivity index (χ4v) is 3.30. The van der Waals surface area contributed by atoms with Crippen LogP contribution >= 0.6 is 0 Å². The van der Waals surface area contributed by atoms with E-state index in [1.165, 1.54) is 0 Å². The lowest BCUT2D eigenvalue weighted by atomic mass is 9.89. The van der Waals surface area contributed by atoms with E-state index in [-0.39, 0.29) is 12.1 Å². The number of ether oxygens (including phenoxy) is 1. The summed E-state index contributed by atoms with van der Waals surface area (Å²) in [4.78, 5) is 9.65. The van der Waals surface area contributed by atoms with Crippen LogP contribution in [0, 0.1) is 6.92 Å². The summed E-state index contributed by atoms with van der Waals surface area (Å²) in [6.07, 6.45) is 4.00. The third kappa shape index (κ3) is 3.74. The maximum absolute atomic E-state index is 10.8. The average Bonchev–Trinajstić information content (AvgIpc) is 2.95. The van der Waals surface area contributed by atoms with Gasteiger partial charge in [-0.1, -0.05) is 18.2 Å². The van der Waals surface area contributed by atoms with Gasteiger partial charge in [-0.15, -0.1) is 0 Å². The first kappa shape index (κ1) is 16.0. The molecule has 2 N–H and O–H groups in total. The van der Waals surface area contributed by atoms with Crippen LogP contribution in [-0.2, 0) is 6.54 Å². The highest BCUT2D eigenvalue weighted by Crippen LogP contribution is 2.27. The lowest BCUT2D eigenvalue weighted by molar-refractivity contribution is -0.0494. The number of H-pyrrole nitrogens is 1. The molecule has 1 aromatic heterocycles. The number of para-hydroxylation sites is 1. The molecule has 1 aliphatic rings. The summed E-state index contributed by atoms with van der Waals surface area (Å²) in [7, 11) is 2.05. The number of aromatic amines is 1. The standard InChI is InChI=1S/C18H25N3O2/c1-13-15(20-12-19-13)11-21(2)16-9-6-10-17(18(16)22)23-14-7-4-3-5-8-14/h3-5,7-8,12,16-18,22H,6,9-11H2,1-2H3,(H,19,20)/t16-,17+,18+/m1/s1. The number of aryl methyl sites for hydroxylation is 1. The number of rotatable bonds is 5. The second-order valence-electron chi connectivity index (χ2n) is 6.35. The Morgan fingerprint density at radius 2 is 2.09 bits per heavy atom. The molecule has 5 heteroatoms. The van der Waals surface area contributed by atoms with Gasteiger partial charge < -0.3 is 14.8 Å². The molecule has 5 nitrogen and oxygen atoms in total. The number of nitrogens with zero attached hydrogens (tertiary/aromatic N) is 2. The number of aromatic nitrogens is 2. The van der Waals surface area contributed by atoms with E-state index < -0.39 is 6.10 Å². The zero-order valence-corrected chi connectivity index (χ0v) is 13.8. The van der Waals surface area contributed by atoms with Gasteiger partial charge >= 0.3 is 0 Å². The van der Waals surface area contributed by atoms with E-state index in [0.717, 1.165) is 42.9 Å². The molecule has 23 heavy (non-hydrogen) atoms. The Labute approximate surface area is 137 Å². The molecular weight excluding hydrogens is 290 g/mol. The third-order valence-electron chi connectivity index (χ3n) is 4.69. The number of aliphatic hydroxyl groups is 1. The molecule has 0 spiro atoms. The first-order valence-corrected chi connectivity index (χ1v) is 8.24. The zero-order chi connectivity index (χ0) is 16.2. The maximum Gasteiger partial charge on any atom is 0.126 e. The number of benzene rings is 1. The fraction of sp³-hybridized carbons (Fsp3) is 0.500. The van der Waals surface area contributed by atoms with Crippen molar-refractivity contribution < 1.29 is 9.84 Å². The molecule has 0 aliphatic heterocycles. The Bertz CT molecular complexity index is 614. The molecule has 1 aliphatic carbocycles. The van der Waals surface area contributed by atoms with Crippen LogP contribution in [0.5, 0.6) is 5.75 Å². The molecular formula is C18H25N3O2. The van der Waals surface area contributed by atoms with Crippen LogP contribution < -0.4 is 4.74 Å². The predicted octanol–water partition coefficient (Wildman–Crippen LogP) is 2.51. The number of likely N-dealkylation sites (N-methyl/N-ethyl adjacent to an activating group) is 1. The minimum absolute atomic E-state index is 0.0913. The molecule has 0 saturated heterocycles. The largest absolute Gasteiger partial charge is 0.488 e. The molecule has 2 aromatic rings. The summed E-state index contributed by atoms with van der Waals surface area (Å²) >= 11 is 0. The highest BCUT2D eigenvalue weighted by atomic mass is 16.5. The Morgan fingerprint density at radius 1 is 1.30 bits per heavy atom. The van der Waals surface area contributed by atoms with E-state index >= 15 is 0 Å². The van der Waals surface area contributed by atoms with Crippen LogP contribution in [0.15, 0.2) is 36.7 Å². The molecule has 124 valence electrons.